The standard InChI is InChI=1S/C20H14N2O3/c23-18-9-10-19(24)20-15(18)6-4-12-25-13-14-5-3-11-22(14)17-8-2-1-7-16(17)21-20/h1-10,12-13H,11H2. The summed E-state index contributed by atoms with van der Waals surface area (Å²) >= 11 is 0. The third-order valence-electron chi connectivity index (χ3n) is 4.04. The van der Waals surface area contributed by atoms with Crippen molar-refractivity contribution in [1.82, 2.24) is 9.55 Å². The summed E-state index contributed by atoms with van der Waals surface area (Å²) in [5.41, 5.74) is 2.75. The molecule has 1 aliphatic heterocycles. The Morgan fingerprint density at radius 3 is 2.72 bits per heavy atom. The van der Waals surface area contributed by atoms with Crippen molar-refractivity contribution in [3.8, 4) is 0 Å². The topological polar surface area (TPSA) is 65.1 Å². The number of hydrogen-bond donors (Lipinski definition) is 0. The van der Waals surface area contributed by atoms with Crippen LogP contribution in [0.5, 0.6) is 0 Å². The molecule has 2 aromatic rings. The Balaban J connectivity index is 2.18. The average Bonchev–Trinajstić information content (AvgIpc) is 3.07. The van der Waals surface area contributed by atoms with Gasteiger partial charge in [0.2, 0.25) is 5.78 Å². The van der Waals surface area contributed by atoms with Crippen LogP contribution in [0.15, 0.2) is 71.6 Å². The predicted molar refractivity (Wildman–Crippen MR) is 94.1 cm³/mol. The fraction of sp³-hybridized carbons (Fsp3) is 0.0500. The Bertz CT molecular complexity index is 1070. The minimum absolute atomic E-state index is 0.142. The molecule has 5 heteroatoms. The molecule has 0 amide bonds. The molecule has 0 fully saturated rings. The first-order valence-corrected chi connectivity index (χ1v) is 7.85. The van der Waals surface area contributed by atoms with E-state index < -0.39 is 0 Å². The molecule has 122 valence electrons. The predicted octanol–water partition coefficient (Wildman–Crippen LogP) is 3.84. The third kappa shape index (κ3) is 2.76. The van der Waals surface area contributed by atoms with Gasteiger partial charge in [-0.25, -0.2) is 4.98 Å². The molecule has 1 aromatic carbocycles. The normalized spacial score (nSPS) is 14.1. The van der Waals surface area contributed by atoms with Crippen LogP contribution in [0.25, 0.3) is 17.1 Å². The second kappa shape index (κ2) is 6.20. The molecule has 0 saturated carbocycles. The van der Waals surface area contributed by atoms with Crippen molar-refractivity contribution in [3.05, 3.63) is 84.1 Å². The van der Waals surface area contributed by atoms with Gasteiger partial charge in [0.15, 0.2) is 5.78 Å². The van der Waals surface area contributed by atoms with E-state index in [1.165, 1.54) is 18.4 Å². The monoisotopic (exact) mass is 330 g/mol. The van der Waals surface area contributed by atoms with E-state index in [4.69, 9.17) is 4.42 Å². The van der Waals surface area contributed by atoms with Gasteiger partial charge in [-0.3, -0.25) is 9.59 Å². The van der Waals surface area contributed by atoms with Crippen molar-refractivity contribution >= 4 is 28.7 Å². The molecule has 0 atom stereocenters. The summed E-state index contributed by atoms with van der Waals surface area (Å²) in [5.74, 6) is -0.543. The smallest absolute Gasteiger partial charge is 0.205 e. The van der Waals surface area contributed by atoms with Crippen molar-refractivity contribution in [1.29, 1.82) is 0 Å². The van der Waals surface area contributed by atoms with Gasteiger partial charge in [-0.15, -0.1) is 0 Å². The highest BCUT2D eigenvalue weighted by molar-refractivity contribution is 6.21. The molecular formula is C20H14N2O3. The number of benzene rings is 1. The SMILES string of the molecule is O=C1C=CC(=O)c2nc3ccccc3n3c(cocccc21)C=CC3. The van der Waals surface area contributed by atoms with E-state index in [1.54, 1.807) is 18.4 Å². The first kappa shape index (κ1) is 15.1. The van der Waals surface area contributed by atoms with Crippen molar-refractivity contribution in [2.45, 2.75) is 6.54 Å². The maximum absolute atomic E-state index is 12.3. The summed E-state index contributed by atoms with van der Waals surface area (Å²) in [6.07, 6.45) is 9.60. The number of nitrogens with zero attached hydrogens (tertiary/aromatic N) is 2. The zero-order chi connectivity index (χ0) is 17.2. The van der Waals surface area contributed by atoms with E-state index in [2.05, 4.69) is 4.98 Å². The molecule has 0 spiro atoms. The van der Waals surface area contributed by atoms with Crippen LogP contribution in [0, 0.1) is 0 Å². The number of carbonyl (C=O) groups is 2. The quantitative estimate of drug-likeness (QED) is 0.736. The number of allylic oxidation sites excluding steroid dienone is 3. The maximum Gasteiger partial charge on any atom is 0.205 e. The lowest BCUT2D eigenvalue weighted by Crippen LogP contribution is -2.12. The van der Waals surface area contributed by atoms with Crippen molar-refractivity contribution in [2.75, 3.05) is 0 Å². The maximum atomic E-state index is 12.3. The van der Waals surface area contributed by atoms with Gasteiger partial charge in [-0.05, 0) is 42.5 Å². The number of hydrogen-bond acceptors (Lipinski definition) is 4. The molecule has 2 heterocycles. The summed E-state index contributed by atoms with van der Waals surface area (Å²) in [4.78, 5) is 29.1. The first-order valence-electron chi connectivity index (χ1n) is 7.85. The Kier molecular flexibility index (Phi) is 3.74. The molecule has 1 aliphatic carbocycles. The summed E-state index contributed by atoms with van der Waals surface area (Å²) in [6, 6.07) is 10.7. The molecule has 2 aliphatic rings. The van der Waals surface area contributed by atoms with E-state index >= 15 is 0 Å². The molecule has 0 saturated heterocycles. The lowest BCUT2D eigenvalue weighted by molar-refractivity contribution is 0.0991. The summed E-state index contributed by atoms with van der Waals surface area (Å²) in [6.45, 7) is 0.677. The lowest BCUT2D eigenvalue weighted by atomic mass is 10.0. The average molecular weight is 330 g/mol. The number of ketones is 2. The highest BCUT2D eigenvalue weighted by Crippen LogP contribution is 2.19. The summed E-state index contributed by atoms with van der Waals surface area (Å²) < 4.78 is 7.47. The van der Waals surface area contributed by atoms with E-state index in [0.717, 1.165) is 11.2 Å². The van der Waals surface area contributed by atoms with Gasteiger partial charge in [0, 0.05) is 6.54 Å². The first-order chi connectivity index (χ1) is 12.2. The zero-order valence-electron chi connectivity index (χ0n) is 13.3. The molecular weight excluding hydrogens is 316 g/mol. The number of carbonyl (C=O) groups excluding carboxylic acids is 2. The summed E-state index contributed by atoms with van der Waals surface area (Å²) in [7, 11) is 0. The fourth-order valence-electron chi connectivity index (χ4n) is 2.86. The van der Waals surface area contributed by atoms with Crippen molar-refractivity contribution in [2.24, 2.45) is 0 Å². The van der Waals surface area contributed by atoms with Crippen LogP contribution in [0.3, 0.4) is 0 Å². The Hall–Kier alpha value is -3.47. The zero-order valence-corrected chi connectivity index (χ0v) is 13.3. The number of fused-ring (bicyclic) bond motifs is 4. The van der Waals surface area contributed by atoms with Gasteiger partial charge in [0.25, 0.3) is 0 Å². The Labute approximate surface area is 143 Å². The second-order valence-electron chi connectivity index (χ2n) is 5.61. The van der Waals surface area contributed by atoms with Gasteiger partial charge in [-0.2, -0.15) is 0 Å². The van der Waals surface area contributed by atoms with Gasteiger partial charge in [0.1, 0.15) is 12.0 Å². The van der Waals surface area contributed by atoms with Gasteiger partial charge >= 0.3 is 0 Å². The second-order valence-corrected chi connectivity index (χ2v) is 5.61. The van der Waals surface area contributed by atoms with Gasteiger partial charge in [-0.1, -0.05) is 18.2 Å². The summed E-state index contributed by atoms with van der Waals surface area (Å²) in [5, 5.41) is 0. The van der Waals surface area contributed by atoms with E-state index in [1.807, 2.05) is 41.0 Å². The number of rotatable bonds is 0. The largest absolute Gasteiger partial charge is 0.470 e. The molecule has 0 bridgehead atoms. The van der Waals surface area contributed by atoms with Crippen LogP contribution >= 0.6 is 0 Å². The van der Waals surface area contributed by atoms with Gasteiger partial charge in [0.05, 0.1) is 28.6 Å². The van der Waals surface area contributed by atoms with E-state index in [9.17, 15) is 9.59 Å². The van der Waals surface area contributed by atoms with Crippen LogP contribution in [-0.4, -0.2) is 21.1 Å². The molecule has 25 heavy (non-hydrogen) atoms. The van der Waals surface area contributed by atoms with Crippen LogP contribution in [0.2, 0.25) is 0 Å². The highest BCUT2D eigenvalue weighted by atomic mass is 16.3. The van der Waals surface area contributed by atoms with Crippen molar-refractivity contribution < 1.29 is 14.0 Å². The van der Waals surface area contributed by atoms with Crippen LogP contribution in [0.4, 0.5) is 0 Å². The van der Waals surface area contributed by atoms with E-state index in [-0.39, 0.29) is 22.8 Å². The van der Waals surface area contributed by atoms with Crippen LogP contribution in [-0.2, 0) is 6.54 Å². The minimum atomic E-state index is -0.289. The Morgan fingerprint density at radius 2 is 1.80 bits per heavy atom. The molecule has 1 aromatic heterocycles. The van der Waals surface area contributed by atoms with Crippen molar-refractivity contribution in [3.63, 3.8) is 0 Å². The number of para-hydroxylation sites is 2. The molecule has 0 radical (unpaired) electrons. The molecule has 0 N–H and O–H groups in total. The molecule has 5 nitrogen and oxygen atoms in total. The highest BCUT2D eigenvalue weighted by Gasteiger charge is 2.19. The Morgan fingerprint density at radius 1 is 0.960 bits per heavy atom. The van der Waals surface area contributed by atoms with E-state index in [0.29, 0.717) is 12.1 Å². The van der Waals surface area contributed by atoms with Crippen LogP contribution in [0.1, 0.15) is 26.5 Å². The molecule has 0 unspecified atom stereocenters. The van der Waals surface area contributed by atoms with Gasteiger partial charge < -0.3 is 8.98 Å². The third-order valence-corrected chi connectivity index (χ3v) is 4.04. The molecule has 4 rings (SSSR count). The minimum Gasteiger partial charge on any atom is -0.470 e. The van der Waals surface area contributed by atoms with Crippen LogP contribution < -0.4 is 0 Å². The lowest BCUT2D eigenvalue weighted by Gasteiger charge is -2.08. The fourth-order valence-corrected chi connectivity index (χ4v) is 2.86. The number of aromatic nitrogens is 2.